The third-order valence-corrected chi connectivity index (χ3v) is 7.19. The normalized spacial score (nSPS) is 26.1. The van der Waals surface area contributed by atoms with Gasteiger partial charge in [0.05, 0.1) is 5.25 Å². The lowest BCUT2D eigenvalue weighted by Gasteiger charge is -2.22. The number of carbonyl (C=O) groups is 1. The lowest BCUT2D eigenvalue weighted by molar-refractivity contribution is -0.120. The number of amides is 1. The van der Waals surface area contributed by atoms with Crippen LogP contribution in [0.4, 0.5) is 0 Å². The predicted octanol–water partition coefficient (Wildman–Crippen LogP) is 2.34. The largest absolute Gasteiger partial charge is 0.486 e. The van der Waals surface area contributed by atoms with Crippen molar-refractivity contribution in [2.75, 3.05) is 13.2 Å². The second-order valence-corrected chi connectivity index (χ2v) is 9.08. The van der Waals surface area contributed by atoms with Gasteiger partial charge in [0, 0.05) is 5.92 Å². The standard InChI is InChI=1S/C18H23NO5S/c20-18(19-25(21,22)13-4-2-1-3-5-13)15-11-14(15)12-6-7-16-17(10-12)24-9-8-23-16/h6-7,10,13-15H,1-5,8-9,11H2,(H,19,20). The van der Waals surface area contributed by atoms with E-state index in [0.29, 0.717) is 38.2 Å². The van der Waals surface area contributed by atoms with Gasteiger partial charge in [-0.15, -0.1) is 0 Å². The SMILES string of the molecule is O=C(NS(=O)(=O)C1CCCCC1)C1CC1c1ccc2c(c1)OCCO2. The van der Waals surface area contributed by atoms with Crippen LogP contribution in [0, 0.1) is 5.92 Å². The van der Waals surface area contributed by atoms with E-state index in [2.05, 4.69) is 4.72 Å². The number of hydrogen-bond donors (Lipinski definition) is 1. The molecule has 136 valence electrons. The van der Waals surface area contributed by atoms with E-state index in [9.17, 15) is 13.2 Å². The molecule has 3 aliphatic rings. The molecule has 0 saturated heterocycles. The predicted molar refractivity (Wildman–Crippen MR) is 92.2 cm³/mol. The van der Waals surface area contributed by atoms with E-state index in [1.165, 1.54) is 0 Å². The highest BCUT2D eigenvalue weighted by atomic mass is 32.2. The fourth-order valence-corrected chi connectivity index (χ4v) is 5.37. The molecule has 2 fully saturated rings. The number of ether oxygens (including phenoxy) is 2. The fourth-order valence-electron chi connectivity index (χ4n) is 3.82. The van der Waals surface area contributed by atoms with E-state index < -0.39 is 15.3 Å². The van der Waals surface area contributed by atoms with Crippen LogP contribution in [0.25, 0.3) is 0 Å². The number of fused-ring (bicyclic) bond motifs is 1. The van der Waals surface area contributed by atoms with Crippen molar-refractivity contribution in [2.45, 2.75) is 49.7 Å². The van der Waals surface area contributed by atoms with Crippen LogP contribution in [0.2, 0.25) is 0 Å². The minimum atomic E-state index is -3.55. The maximum atomic E-state index is 12.4. The fraction of sp³-hybridized carbons (Fsp3) is 0.611. The molecule has 6 nitrogen and oxygen atoms in total. The van der Waals surface area contributed by atoms with Crippen LogP contribution < -0.4 is 14.2 Å². The van der Waals surface area contributed by atoms with Gasteiger partial charge in [-0.3, -0.25) is 9.52 Å². The minimum absolute atomic E-state index is 0.0531. The summed E-state index contributed by atoms with van der Waals surface area (Å²) in [6, 6.07) is 5.69. The van der Waals surface area contributed by atoms with Crippen LogP contribution >= 0.6 is 0 Å². The van der Waals surface area contributed by atoms with Gasteiger partial charge in [-0.2, -0.15) is 0 Å². The Morgan fingerprint density at radius 3 is 2.52 bits per heavy atom. The third kappa shape index (κ3) is 3.47. The number of benzene rings is 1. The second kappa shape index (κ2) is 6.52. The van der Waals surface area contributed by atoms with Gasteiger partial charge in [0.1, 0.15) is 13.2 Å². The molecule has 0 radical (unpaired) electrons. The summed E-state index contributed by atoms with van der Waals surface area (Å²) in [7, 11) is -3.55. The first-order chi connectivity index (χ1) is 12.0. The Kier molecular flexibility index (Phi) is 4.35. The zero-order valence-electron chi connectivity index (χ0n) is 14.1. The molecule has 4 rings (SSSR count). The summed E-state index contributed by atoms with van der Waals surface area (Å²) in [5, 5.41) is -0.420. The van der Waals surface area contributed by atoms with Gasteiger partial charge in [-0.05, 0) is 42.9 Å². The van der Waals surface area contributed by atoms with Gasteiger partial charge in [-0.1, -0.05) is 25.3 Å². The maximum Gasteiger partial charge on any atom is 0.237 e. The first-order valence-electron chi connectivity index (χ1n) is 8.99. The molecule has 1 aromatic rings. The van der Waals surface area contributed by atoms with Crippen LogP contribution in [0.5, 0.6) is 11.5 Å². The van der Waals surface area contributed by atoms with Crippen molar-refractivity contribution < 1.29 is 22.7 Å². The van der Waals surface area contributed by atoms with Gasteiger partial charge in [0.2, 0.25) is 15.9 Å². The zero-order chi connectivity index (χ0) is 17.4. The summed E-state index contributed by atoms with van der Waals surface area (Å²) in [6.45, 7) is 1.06. The van der Waals surface area contributed by atoms with Crippen LogP contribution in [-0.4, -0.2) is 32.8 Å². The van der Waals surface area contributed by atoms with Gasteiger partial charge in [0.25, 0.3) is 0 Å². The highest BCUT2D eigenvalue weighted by Gasteiger charge is 2.46. The van der Waals surface area contributed by atoms with Crippen LogP contribution in [0.15, 0.2) is 18.2 Å². The summed E-state index contributed by atoms with van der Waals surface area (Å²) >= 11 is 0. The van der Waals surface area contributed by atoms with Gasteiger partial charge in [0.15, 0.2) is 11.5 Å². The summed E-state index contributed by atoms with van der Waals surface area (Å²) in [5.74, 6) is 0.824. The van der Waals surface area contributed by atoms with Crippen molar-refractivity contribution in [3.05, 3.63) is 23.8 Å². The van der Waals surface area contributed by atoms with E-state index >= 15 is 0 Å². The molecule has 2 aliphatic carbocycles. The maximum absolute atomic E-state index is 12.4. The average Bonchev–Trinajstić information content (AvgIpc) is 3.43. The molecule has 1 heterocycles. The zero-order valence-corrected chi connectivity index (χ0v) is 14.9. The Bertz CT molecular complexity index is 770. The van der Waals surface area contributed by atoms with Crippen LogP contribution in [0.1, 0.15) is 50.0 Å². The average molecular weight is 365 g/mol. The Morgan fingerprint density at radius 1 is 1.04 bits per heavy atom. The highest BCUT2D eigenvalue weighted by Crippen LogP contribution is 2.49. The number of rotatable bonds is 4. The highest BCUT2D eigenvalue weighted by molar-refractivity contribution is 7.90. The van der Waals surface area contributed by atoms with Crippen molar-refractivity contribution in [3.8, 4) is 11.5 Å². The van der Waals surface area contributed by atoms with E-state index in [1.807, 2.05) is 18.2 Å². The number of hydrogen-bond acceptors (Lipinski definition) is 5. The van der Waals surface area contributed by atoms with Gasteiger partial charge >= 0.3 is 0 Å². The van der Waals surface area contributed by atoms with E-state index in [4.69, 9.17) is 9.47 Å². The van der Waals surface area contributed by atoms with Crippen molar-refractivity contribution >= 4 is 15.9 Å². The molecular formula is C18H23NO5S. The first kappa shape index (κ1) is 16.7. The lowest BCUT2D eigenvalue weighted by atomic mass is 10.0. The topological polar surface area (TPSA) is 81.7 Å². The molecule has 0 bridgehead atoms. The second-order valence-electron chi connectivity index (χ2n) is 7.12. The van der Waals surface area contributed by atoms with Crippen molar-refractivity contribution in [2.24, 2.45) is 5.92 Å². The first-order valence-corrected chi connectivity index (χ1v) is 10.5. The summed E-state index contributed by atoms with van der Waals surface area (Å²) in [6.07, 6.45) is 4.89. The van der Waals surface area contributed by atoms with E-state index in [1.54, 1.807) is 0 Å². The summed E-state index contributed by atoms with van der Waals surface area (Å²) < 4.78 is 38.2. The number of carbonyl (C=O) groups excluding carboxylic acids is 1. The van der Waals surface area contributed by atoms with Crippen molar-refractivity contribution in [1.82, 2.24) is 4.72 Å². The molecule has 1 N–H and O–H groups in total. The molecule has 25 heavy (non-hydrogen) atoms. The molecule has 0 aromatic heterocycles. The molecule has 1 amide bonds. The monoisotopic (exact) mass is 365 g/mol. The molecule has 1 aliphatic heterocycles. The lowest BCUT2D eigenvalue weighted by Crippen LogP contribution is -2.40. The Morgan fingerprint density at radius 2 is 1.76 bits per heavy atom. The number of nitrogens with one attached hydrogen (secondary N) is 1. The Hall–Kier alpha value is -1.76. The van der Waals surface area contributed by atoms with Crippen molar-refractivity contribution in [3.63, 3.8) is 0 Å². The Balaban J connectivity index is 1.40. The van der Waals surface area contributed by atoms with Gasteiger partial charge in [-0.25, -0.2) is 8.42 Å². The summed E-state index contributed by atoms with van der Waals surface area (Å²) in [4.78, 5) is 12.4. The smallest absolute Gasteiger partial charge is 0.237 e. The molecule has 1 aromatic carbocycles. The molecule has 2 unspecified atom stereocenters. The molecule has 0 spiro atoms. The third-order valence-electron chi connectivity index (χ3n) is 5.36. The molecule has 2 atom stereocenters. The van der Waals surface area contributed by atoms with Crippen LogP contribution in [0.3, 0.4) is 0 Å². The Labute approximate surface area is 147 Å². The molecule has 7 heteroatoms. The minimum Gasteiger partial charge on any atom is -0.486 e. The van der Waals surface area contributed by atoms with Gasteiger partial charge < -0.3 is 9.47 Å². The van der Waals surface area contributed by atoms with Crippen molar-refractivity contribution in [1.29, 1.82) is 0 Å². The quantitative estimate of drug-likeness (QED) is 0.886. The van der Waals surface area contributed by atoms with E-state index in [0.717, 1.165) is 30.6 Å². The van der Waals surface area contributed by atoms with Crippen LogP contribution in [-0.2, 0) is 14.8 Å². The van der Waals surface area contributed by atoms with E-state index in [-0.39, 0.29) is 17.7 Å². The molecular weight excluding hydrogens is 342 g/mol. The summed E-state index contributed by atoms with van der Waals surface area (Å²) in [5.41, 5.74) is 1.000. The number of sulfonamides is 1. The molecule has 2 saturated carbocycles.